The van der Waals surface area contributed by atoms with E-state index in [0.29, 0.717) is 17.4 Å². The molecule has 0 unspecified atom stereocenters. The van der Waals surface area contributed by atoms with Crippen LogP contribution in [0.5, 0.6) is 5.75 Å². The highest BCUT2D eigenvalue weighted by Crippen LogP contribution is 2.37. The van der Waals surface area contributed by atoms with E-state index in [-0.39, 0.29) is 11.7 Å². The van der Waals surface area contributed by atoms with Crippen molar-refractivity contribution in [2.45, 2.75) is 37.9 Å². The molecule has 9 heteroatoms. The average Bonchev–Trinajstić information content (AvgIpc) is 3.44. The molecule has 1 saturated carbocycles. The molecule has 154 valence electrons. The molecule has 2 heterocycles. The van der Waals surface area contributed by atoms with Crippen LogP contribution < -0.4 is 10.1 Å². The Morgan fingerprint density at radius 2 is 2.07 bits per heavy atom. The second kappa shape index (κ2) is 8.24. The predicted octanol–water partition coefficient (Wildman–Crippen LogP) is 3.63. The first-order valence-electron chi connectivity index (χ1n) is 9.62. The summed E-state index contributed by atoms with van der Waals surface area (Å²) in [5.41, 5.74) is 3.04. The Bertz CT molecular complexity index is 1120. The average molecular weight is 423 g/mol. The minimum atomic E-state index is -0.200. The molecule has 0 saturated heterocycles. The van der Waals surface area contributed by atoms with Crippen LogP contribution in [0, 0.1) is 25.2 Å². The summed E-state index contributed by atoms with van der Waals surface area (Å²) in [6, 6.07) is 10.2. The van der Waals surface area contributed by atoms with Crippen LogP contribution in [0.25, 0.3) is 5.69 Å². The van der Waals surface area contributed by atoms with Gasteiger partial charge in [0.2, 0.25) is 5.91 Å². The Hall–Kier alpha value is -3.25. The van der Waals surface area contributed by atoms with E-state index >= 15 is 0 Å². The van der Waals surface area contributed by atoms with Gasteiger partial charge in [-0.25, -0.2) is 0 Å². The molecule has 0 atom stereocenters. The van der Waals surface area contributed by atoms with Crippen molar-refractivity contribution in [3.8, 4) is 17.5 Å². The fraction of sp³-hybridized carbons (Fsp3) is 0.333. The van der Waals surface area contributed by atoms with Crippen molar-refractivity contribution in [2.75, 3.05) is 18.2 Å². The third-order valence-corrected chi connectivity index (χ3v) is 6.18. The fourth-order valence-corrected chi connectivity index (χ4v) is 4.13. The van der Waals surface area contributed by atoms with Gasteiger partial charge in [-0.05, 0) is 56.5 Å². The first-order valence-corrected chi connectivity index (χ1v) is 10.6. The largest absolute Gasteiger partial charge is 0.497 e. The van der Waals surface area contributed by atoms with Crippen molar-refractivity contribution >= 4 is 23.5 Å². The van der Waals surface area contributed by atoms with Gasteiger partial charge >= 0.3 is 0 Å². The molecular weight excluding hydrogens is 400 g/mol. The van der Waals surface area contributed by atoms with E-state index in [1.54, 1.807) is 13.4 Å². The molecule has 1 fully saturated rings. The summed E-state index contributed by atoms with van der Waals surface area (Å²) in [7, 11) is 1.61. The molecule has 1 amide bonds. The lowest BCUT2D eigenvalue weighted by molar-refractivity contribution is -0.113. The molecule has 0 spiro atoms. The SMILES string of the molecule is COc1ccc(-n2c(C)c(C)c(C#N)c2NC(=O)CSc2nncn2C2CC2)cc1. The third kappa shape index (κ3) is 3.78. The molecule has 1 aromatic carbocycles. The number of benzene rings is 1. The summed E-state index contributed by atoms with van der Waals surface area (Å²) < 4.78 is 9.14. The van der Waals surface area contributed by atoms with Crippen molar-refractivity contribution in [1.82, 2.24) is 19.3 Å². The summed E-state index contributed by atoms with van der Waals surface area (Å²) in [4.78, 5) is 12.7. The number of thioether (sulfide) groups is 1. The first-order chi connectivity index (χ1) is 14.5. The Morgan fingerprint density at radius 1 is 1.33 bits per heavy atom. The van der Waals surface area contributed by atoms with Gasteiger partial charge in [-0.15, -0.1) is 10.2 Å². The van der Waals surface area contributed by atoms with Gasteiger partial charge in [0.05, 0.1) is 18.4 Å². The summed E-state index contributed by atoms with van der Waals surface area (Å²) >= 11 is 1.35. The maximum atomic E-state index is 12.7. The standard InChI is InChI=1S/C21H22N6O2S/c1-13-14(2)27(16-6-8-17(29-3)9-7-16)20(18(13)10-22)24-19(28)11-30-21-25-23-12-26(21)15-4-5-15/h6-9,12,15H,4-5,11H2,1-3H3,(H,24,28). The van der Waals surface area contributed by atoms with Crippen molar-refractivity contribution in [2.24, 2.45) is 0 Å². The zero-order valence-corrected chi connectivity index (χ0v) is 17.9. The zero-order valence-electron chi connectivity index (χ0n) is 17.0. The maximum absolute atomic E-state index is 12.7. The second-order valence-electron chi connectivity index (χ2n) is 7.17. The third-order valence-electron chi connectivity index (χ3n) is 5.23. The van der Waals surface area contributed by atoms with Crippen molar-refractivity contribution in [3.63, 3.8) is 0 Å². The van der Waals surface area contributed by atoms with Gasteiger partial charge in [-0.1, -0.05) is 11.8 Å². The van der Waals surface area contributed by atoms with E-state index in [9.17, 15) is 10.1 Å². The molecule has 1 aliphatic rings. The van der Waals surface area contributed by atoms with Crippen molar-refractivity contribution < 1.29 is 9.53 Å². The fourth-order valence-electron chi connectivity index (χ4n) is 3.35. The van der Waals surface area contributed by atoms with E-state index in [0.717, 1.165) is 40.7 Å². The normalized spacial score (nSPS) is 13.1. The minimum Gasteiger partial charge on any atom is -0.497 e. The number of carbonyl (C=O) groups is 1. The van der Waals surface area contributed by atoms with Crippen LogP contribution in [0.2, 0.25) is 0 Å². The molecule has 3 aromatic rings. The lowest BCUT2D eigenvalue weighted by atomic mass is 10.2. The summed E-state index contributed by atoms with van der Waals surface area (Å²) in [5.74, 6) is 1.20. The lowest BCUT2D eigenvalue weighted by Crippen LogP contribution is -2.18. The number of amides is 1. The number of nitrogens with zero attached hydrogens (tertiary/aromatic N) is 5. The molecule has 0 aliphatic heterocycles. The number of aromatic nitrogens is 4. The van der Waals surface area contributed by atoms with Crippen LogP contribution in [-0.4, -0.2) is 38.1 Å². The Balaban J connectivity index is 1.57. The number of nitrogens with one attached hydrogen (secondary N) is 1. The number of methoxy groups -OCH3 is 1. The molecule has 0 radical (unpaired) electrons. The highest BCUT2D eigenvalue weighted by molar-refractivity contribution is 7.99. The van der Waals surface area contributed by atoms with E-state index in [4.69, 9.17) is 4.74 Å². The smallest absolute Gasteiger partial charge is 0.236 e. The molecule has 2 aromatic heterocycles. The van der Waals surface area contributed by atoms with Crippen LogP contribution in [-0.2, 0) is 4.79 Å². The van der Waals surface area contributed by atoms with Gasteiger partial charge in [-0.3, -0.25) is 9.36 Å². The lowest BCUT2D eigenvalue weighted by Gasteiger charge is -2.13. The summed E-state index contributed by atoms with van der Waals surface area (Å²) in [6.45, 7) is 3.82. The first kappa shape index (κ1) is 20.0. The van der Waals surface area contributed by atoms with E-state index < -0.39 is 0 Å². The number of rotatable bonds is 7. The van der Waals surface area contributed by atoms with Gasteiger partial charge in [0.25, 0.3) is 0 Å². The molecule has 1 N–H and O–H groups in total. The summed E-state index contributed by atoms with van der Waals surface area (Å²) in [5, 5.41) is 21.5. The Kier molecular flexibility index (Phi) is 5.50. The van der Waals surface area contributed by atoms with Crippen molar-refractivity contribution in [1.29, 1.82) is 5.26 Å². The maximum Gasteiger partial charge on any atom is 0.236 e. The number of hydrogen-bond donors (Lipinski definition) is 1. The second-order valence-corrected chi connectivity index (χ2v) is 8.11. The number of carbonyl (C=O) groups excluding carboxylic acids is 1. The van der Waals surface area contributed by atoms with E-state index in [1.807, 2.05) is 47.2 Å². The summed E-state index contributed by atoms with van der Waals surface area (Å²) in [6.07, 6.45) is 3.96. The van der Waals surface area contributed by atoms with Crippen LogP contribution >= 0.6 is 11.8 Å². The van der Waals surface area contributed by atoms with E-state index in [1.165, 1.54) is 11.8 Å². The Labute approximate surface area is 178 Å². The van der Waals surface area contributed by atoms with Gasteiger partial charge in [0.15, 0.2) is 5.16 Å². The number of nitriles is 1. The Morgan fingerprint density at radius 3 is 2.70 bits per heavy atom. The molecule has 8 nitrogen and oxygen atoms in total. The van der Waals surface area contributed by atoms with Gasteiger partial charge in [0, 0.05) is 17.4 Å². The number of anilines is 1. The molecule has 0 bridgehead atoms. The minimum absolute atomic E-state index is 0.183. The van der Waals surface area contributed by atoms with Crippen LogP contribution in [0.3, 0.4) is 0 Å². The molecule has 30 heavy (non-hydrogen) atoms. The van der Waals surface area contributed by atoms with Crippen LogP contribution in [0.4, 0.5) is 5.82 Å². The van der Waals surface area contributed by atoms with Crippen LogP contribution in [0.1, 0.15) is 35.7 Å². The number of ether oxygens (including phenoxy) is 1. The topological polar surface area (TPSA) is 97.8 Å². The zero-order chi connectivity index (χ0) is 21.3. The monoisotopic (exact) mass is 422 g/mol. The quantitative estimate of drug-likeness (QED) is 0.584. The van der Waals surface area contributed by atoms with Gasteiger partial charge in [-0.2, -0.15) is 5.26 Å². The molecular formula is C21H22N6O2S. The molecule has 1 aliphatic carbocycles. The van der Waals surface area contributed by atoms with Crippen molar-refractivity contribution in [3.05, 3.63) is 47.4 Å². The number of hydrogen-bond acceptors (Lipinski definition) is 6. The highest BCUT2D eigenvalue weighted by atomic mass is 32.2. The highest BCUT2D eigenvalue weighted by Gasteiger charge is 2.27. The predicted molar refractivity (Wildman–Crippen MR) is 114 cm³/mol. The van der Waals surface area contributed by atoms with Crippen LogP contribution in [0.15, 0.2) is 35.7 Å². The van der Waals surface area contributed by atoms with Gasteiger partial charge in [0.1, 0.15) is 24.0 Å². The van der Waals surface area contributed by atoms with E-state index in [2.05, 4.69) is 21.6 Å². The molecule has 4 rings (SSSR count). The van der Waals surface area contributed by atoms with Gasteiger partial charge < -0.3 is 14.6 Å².